The Hall–Kier alpha value is -2.65. The molecule has 0 bridgehead atoms. The maximum Gasteiger partial charge on any atom is 0.243 e. The molecule has 2 fully saturated rings. The number of rotatable bonds is 11. The number of carbonyl (C=O) groups is 2. The number of anilines is 1. The fourth-order valence-electron chi connectivity index (χ4n) is 4.93. The van der Waals surface area contributed by atoms with Gasteiger partial charge in [0.05, 0.1) is 11.4 Å². The summed E-state index contributed by atoms with van der Waals surface area (Å²) in [5.41, 5.74) is 1.83. The smallest absolute Gasteiger partial charge is 0.243 e. The standard InChI is InChI=1S/C27H36N4O4S/c1-19-13-24(36(34,35)30(3)16-20(2)32)12-11-22(19)14-26(33)25-15-27(29-18-28-25)31(17-21-9-10-21)23-7-5-4-6-8-23/h11-13,15,18,21,23H,4-10,14,16-17H2,1-3H3. The predicted molar refractivity (Wildman–Crippen MR) is 139 cm³/mol. The Morgan fingerprint density at radius 3 is 2.39 bits per heavy atom. The molecule has 8 nitrogen and oxygen atoms in total. The van der Waals surface area contributed by atoms with E-state index in [0.29, 0.717) is 23.2 Å². The highest BCUT2D eigenvalue weighted by atomic mass is 32.2. The van der Waals surface area contributed by atoms with Crippen molar-refractivity contribution in [3.8, 4) is 0 Å². The molecule has 1 aromatic heterocycles. The van der Waals surface area contributed by atoms with Crippen LogP contribution in [-0.4, -0.2) is 60.4 Å². The molecule has 0 radical (unpaired) electrons. The minimum Gasteiger partial charge on any atom is -0.353 e. The van der Waals surface area contributed by atoms with Crippen LogP contribution in [0.15, 0.2) is 35.5 Å². The van der Waals surface area contributed by atoms with E-state index in [0.717, 1.165) is 35.1 Å². The lowest BCUT2D eigenvalue weighted by Crippen LogP contribution is -2.39. The quantitative estimate of drug-likeness (QED) is 0.420. The summed E-state index contributed by atoms with van der Waals surface area (Å²) in [4.78, 5) is 35.9. The fraction of sp³-hybridized carbons (Fsp3) is 0.556. The average molecular weight is 513 g/mol. The van der Waals surface area contributed by atoms with E-state index in [1.54, 1.807) is 19.1 Å². The van der Waals surface area contributed by atoms with Crippen LogP contribution in [0, 0.1) is 12.8 Å². The third-order valence-electron chi connectivity index (χ3n) is 7.22. The molecule has 2 aromatic rings. The summed E-state index contributed by atoms with van der Waals surface area (Å²) < 4.78 is 26.6. The van der Waals surface area contributed by atoms with E-state index in [2.05, 4.69) is 14.9 Å². The summed E-state index contributed by atoms with van der Waals surface area (Å²) in [6, 6.07) is 7.01. The predicted octanol–water partition coefficient (Wildman–Crippen LogP) is 3.97. The normalized spacial score (nSPS) is 16.8. The van der Waals surface area contributed by atoms with Crippen LogP contribution in [0.2, 0.25) is 0 Å². The van der Waals surface area contributed by atoms with Gasteiger partial charge in [0.25, 0.3) is 0 Å². The van der Waals surface area contributed by atoms with Crippen LogP contribution in [-0.2, 0) is 21.2 Å². The largest absolute Gasteiger partial charge is 0.353 e. The number of likely N-dealkylation sites (N-methyl/N-ethyl adjacent to an activating group) is 1. The van der Waals surface area contributed by atoms with Crippen molar-refractivity contribution < 1.29 is 18.0 Å². The zero-order valence-electron chi connectivity index (χ0n) is 21.4. The Kier molecular flexibility index (Phi) is 8.20. The highest BCUT2D eigenvalue weighted by Crippen LogP contribution is 2.34. The number of sulfonamides is 1. The highest BCUT2D eigenvalue weighted by molar-refractivity contribution is 7.89. The molecule has 1 heterocycles. The maximum atomic E-state index is 13.2. The van der Waals surface area contributed by atoms with Gasteiger partial charge < -0.3 is 4.90 Å². The summed E-state index contributed by atoms with van der Waals surface area (Å²) >= 11 is 0. The number of nitrogens with zero attached hydrogens (tertiary/aromatic N) is 4. The molecular weight excluding hydrogens is 476 g/mol. The van der Waals surface area contributed by atoms with Gasteiger partial charge in [0, 0.05) is 32.1 Å². The van der Waals surface area contributed by atoms with E-state index in [1.807, 2.05) is 6.07 Å². The van der Waals surface area contributed by atoms with Crippen molar-refractivity contribution in [2.45, 2.75) is 76.2 Å². The van der Waals surface area contributed by atoms with Crippen LogP contribution in [0.3, 0.4) is 0 Å². The zero-order chi connectivity index (χ0) is 25.9. The number of Topliss-reactive ketones (excluding diaryl/α,β-unsaturated/α-hetero) is 2. The number of aryl methyl sites for hydroxylation is 1. The molecule has 2 aliphatic rings. The van der Waals surface area contributed by atoms with Crippen molar-refractivity contribution in [3.05, 3.63) is 47.4 Å². The average Bonchev–Trinajstić information content (AvgIpc) is 3.68. The molecule has 1 aromatic carbocycles. The SMILES string of the molecule is CC(=O)CN(C)S(=O)(=O)c1ccc(CC(=O)c2cc(N(CC3CC3)C3CCCCC3)ncn2)c(C)c1. The summed E-state index contributed by atoms with van der Waals surface area (Å²) in [6.07, 6.45) is 10.2. The van der Waals surface area contributed by atoms with Crippen molar-refractivity contribution in [2.24, 2.45) is 5.92 Å². The van der Waals surface area contributed by atoms with Gasteiger partial charge in [-0.1, -0.05) is 25.3 Å². The van der Waals surface area contributed by atoms with E-state index in [4.69, 9.17) is 0 Å². The molecule has 0 saturated heterocycles. The van der Waals surface area contributed by atoms with Crippen molar-refractivity contribution >= 4 is 27.4 Å². The van der Waals surface area contributed by atoms with Crippen LogP contribution >= 0.6 is 0 Å². The topological polar surface area (TPSA) is 101 Å². The first-order valence-electron chi connectivity index (χ1n) is 12.8. The Morgan fingerprint density at radius 2 is 1.75 bits per heavy atom. The second-order valence-electron chi connectivity index (χ2n) is 10.3. The van der Waals surface area contributed by atoms with E-state index >= 15 is 0 Å². The number of carbonyl (C=O) groups excluding carboxylic acids is 2. The molecule has 36 heavy (non-hydrogen) atoms. The van der Waals surface area contributed by atoms with Gasteiger partial charge in [-0.3, -0.25) is 9.59 Å². The molecule has 0 unspecified atom stereocenters. The number of benzene rings is 1. The van der Waals surface area contributed by atoms with Gasteiger partial charge >= 0.3 is 0 Å². The molecule has 194 valence electrons. The van der Waals surface area contributed by atoms with Gasteiger partial charge in [0.15, 0.2) is 5.78 Å². The molecule has 0 spiro atoms. The summed E-state index contributed by atoms with van der Waals surface area (Å²) in [7, 11) is -2.40. The van der Waals surface area contributed by atoms with Crippen LogP contribution in [0.4, 0.5) is 5.82 Å². The number of aromatic nitrogens is 2. The summed E-state index contributed by atoms with van der Waals surface area (Å²) in [5.74, 6) is 1.19. The van der Waals surface area contributed by atoms with Gasteiger partial charge in [-0.05, 0) is 68.7 Å². The zero-order valence-corrected chi connectivity index (χ0v) is 22.3. The molecule has 0 N–H and O–H groups in total. The lowest BCUT2D eigenvalue weighted by atomic mass is 9.94. The Balaban J connectivity index is 1.50. The molecule has 2 aliphatic carbocycles. The molecule has 0 aliphatic heterocycles. The molecular formula is C27H36N4O4S. The Bertz CT molecular complexity index is 1220. The van der Waals surface area contributed by atoms with E-state index in [1.165, 1.54) is 58.5 Å². The minimum absolute atomic E-state index is 0.104. The van der Waals surface area contributed by atoms with Crippen LogP contribution in [0.25, 0.3) is 0 Å². The molecule has 2 saturated carbocycles. The number of hydrogen-bond donors (Lipinski definition) is 0. The maximum absolute atomic E-state index is 13.2. The number of hydrogen-bond acceptors (Lipinski definition) is 7. The van der Waals surface area contributed by atoms with Crippen molar-refractivity contribution in [1.29, 1.82) is 0 Å². The summed E-state index contributed by atoms with van der Waals surface area (Å²) in [5, 5.41) is 0. The third kappa shape index (κ3) is 6.37. The monoisotopic (exact) mass is 512 g/mol. The van der Waals surface area contributed by atoms with Gasteiger partial charge in [0.1, 0.15) is 23.6 Å². The van der Waals surface area contributed by atoms with Crippen molar-refractivity contribution in [2.75, 3.05) is 25.0 Å². The van der Waals surface area contributed by atoms with Gasteiger partial charge in [-0.15, -0.1) is 0 Å². The van der Waals surface area contributed by atoms with Crippen molar-refractivity contribution in [1.82, 2.24) is 14.3 Å². The first kappa shape index (κ1) is 26.4. The first-order valence-corrected chi connectivity index (χ1v) is 14.3. The fourth-order valence-corrected chi connectivity index (χ4v) is 6.20. The third-order valence-corrected chi connectivity index (χ3v) is 9.02. The lowest BCUT2D eigenvalue weighted by molar-refractivity contribution is -0.117. The van der Waals surface area contributed by atoms with Crippen LogP contribution in [0.1, 0.15) is 73.5 Å². The van der Waals surface area contributed by atoms with Crippen molar-refractivity contribution in [3.63, 3.8) is 0 Å². The Morgan fingerprint density at radius 1 is 1.03 bits per heavy atom. The van der Waals surface area contributed by atoms with Crippen LogP contribution in [0.5, 0.6) is 0 Å². The van der Waals surface area contributed by atoms with Gasteiger partial charge in [-0.2, -0.15) is 4.31 Å². The highest BCUT2D eigenvalue weighted by Gasteiger charge is 2.30. The second-order valence-corrected chi connectivity index (χ2v) is 12.3. The minimum atomic E-state index is -3.78. The summed E-state index contributed by atoms with van der Waals surface area (Å²) in [6.45, 7) is 3.95. The van der Waals surface area contributed by atoms with E-state index in [9.17, 15) is 18.0 Å². The molecule has 4 rings (SSSR count). The Labute approximate surface area is 214 Å². The molecule has 9 heteroatoms. The lowest BCUT2D eigenvalue weighted by Gasteiger charge is -2.35. The molecule has 0 atom stereocenters. The van der Waals surface area contributed by atoms with E-state index in [-0.39, 0.29) is 29.4 Å². The van der Waals surface area contributed by atoms with Crippen LogP contribution < -0.4 is 4.90 Å². The van der Waals surface area contributed by atoms with E-state index < -0.39 is 10.0 Å². The first-order chi connectivity index (χ1) is 17.1. The van der Waals surface area contributed by atoms with Gasteiger partial charge in [-0.25, -0.2) is 18.4 Å². The second kappa shape index (κ2) is 11.2. The van der Waals surface area contributed by atoms with Gasteiger partial charge in [0.2, 0.25) is 10.0 Å². The number of ketones is 2. The molecule has 0 amide bonds.